The first-order valence-corrected chi connectivity index (χ1v) is 16.7. The number of hydrogen-bond acceptors (Lipinski definition) is 5. The number of aromatic amines is 3. The zero-order valence-corrected chi connectivity index (χ0v) is 29.4. The quantitative estimate of drug-likeness (QED) is 0.0518. The van der Waals surface area contributed by atoms with E-state index in [0.29, 0.717) is 24.3 Å². The summed E-state index contributed by atoms with van der Waals surface area (Å²) in [4.78, 5) is 33.0. The van der Waals surface area contributed by atoms with Crippen LogP contribution >= 0.6 is 0 Å². The highest BCUT2D eigenvalue weighted by Crippen LogP contribution is 2.45. The van der Waals surface area contributed by atoms with Crippen molar-refractivity contribution in [3.8, 4) is 33.4 Å². The number of nitrogens with one attached hydrogen (secondary N) is 3. The third kappa shape index (κ3) is 5.81. The summed E-state index contributed by atoms with van der Waals surface area (Å²) >= 11 is 0. The zero-order valence-electron chi connectivity index (χ0n) is 29.4. The van der Waals surface area contributed by atoms with Crippen LogP contribution in [0.1, 0.15) is 11.4 Å². The molecule has 0 fully saturated rings. The van der Waals surface area contributed by atoms with Gasteiger partial charge >= 0.3 is 0 Å². The van der Waals surface area contributed by atoms with Crippen LogP contribution in [0.3, 0.4) is 0 Å². The molecule has 5 heterocycles. The fourth-order valence-corrected chi connectivity index (χ4v) is 7.12. The van der Waals surface area contributed by atoms with Gasteiger partial charge in [0, 0.05) is 39.9 Å². The van der Waals surface area contributed by atoms with E-state index in [1.54, 1.807) is 0 Å². The second kappa shape index (κ2) is 14.3. The predicted octanol–water partition coefficient (Wildman–Crippen LogP) is 11.2. The van der Waals surface area contributed by atoms with Crippen LogP contribution in [0.2, 0.25) is 0 Å². The van der Waals surface area contributed by atoms with Crippen LogP contribution in [0.25, 0.3) is 66.5 Å². The average Bonchev–Trinajstić information content (AvgIpc) is 4.08. The first-order valence-electron chi connectivity index (χ1n) is 16.7. The molecule has 1 aliphatic rings. The summed E-state index contributed by atoms with van der Waals surface area (Å²) in [5, 5.41) is 25.0. The number of aryl methyl sites for hydroxylation is 2. The molecule has 0 aliphatic carbocycles. The lowest BCUT2D eigenvalue weighted by atomic mass is 9.98. The van der Waals surface area contributed by atoms with Crippen molar-refractivity contribution in [2.45, 2.75) is 12.8 Å². The number of halogens is 15. The minimum absolute atomic E-state index is 0.458. The maximum atomic E-state index is 15.7. The lowest BCUT2D eigenvalue weighted by Gasteiger charge is -2.11. The summed E-state index contributed by atoms with van der Waals surface area (Å²) in [6.07, 6.45) is -1.68. The Morgan fingerprint density at radius 1 is 0.387 bits per heavy atom. The Kier molecular flexibility index (Phi) is 9.46. The summed E-state index contributed by atoms with van der Waals surface area (Å²) in [5.41, 5.74) is -19.8. The second-order valence-corrected chi connectivity index (χ2v) is 13.2. The van der Waals surface area contributed by atoms with E-state index in [9.17, 15) is 59.7 Å². The highest BCUT2D eigenvalue weighted by Gasteiger charge is 2.36. The molecule has 4 aromatic heterocycles. The minimum atomic E-state index is -2.71. The third-order valence-electron chi connectivity index (χ3n) is 9.83. The van der Waals surface area contributed by atoms with Crippen molar-refractivity contribution in [3.05, 3.63) is 143 Å². The maximum absolute atomic E-state index is 15.7. The van der Waals surface area contributed by atoms with E-state index in [0.717, 1.165) is 0 Å². The molecule has 318 valence electrons. The van der Waals surface area contributed by atoms with E-state index in [1.165, 1.54) is 0 Å². The van der Waals surface area contributed by atoms with Gasteiger partial charge in [-0.15, -0.1) is 0 Å². The Hall–Kier alpha value is -7.60. The Labute approximate surface area is 329 Å². The molecule has 1 aliphatic heterocycles. The zero-order chi connectivity index (χ0) is 45.1. The van der Waals surface area contributed by atoms with Gasteiger partial charge in [0.15, 0.2) is 69.8 Å². The SMILES string of the molecule is O=[N+]([O-])c1cc2[nH]c1c(-c1c(F)c(F)c(F)c(F)c1F)c1nc(c(-c3c(F)c(F)c(F)c(F)c3F)c3ccc([nH]3)c(-c3c(F)c(F)c(F)c(F)c3F)c3[nH]c2cc3[N+](=O)[O-])CC1. The number of H-pyrrole nitrogens is 3. The lowest BCUT2D eigenvalue weighted by Crippen LogP contribution is -2.06. The van der Waals surface area contributed by atoms with Crippen LogP contribution in [-0.2, 0) is 12.8 Å². The number of rotatable bonds is 5. The van der Waals surface area contributed by atoms with Crippen molar-refractivity contribution < 1.29 is 75.7 Å². The van der Waals surface area contributed by atoms with Crippen molar-refractivity contribution in [3.63, 3.8) is 0 Å². The van der Waals surface area contributed by atoms with E-state index in [2.05, 4.69) is 19.9 Å². The fraction of sp³-hybridized carbons (Fsp3) is 0.0541. The summed E-state index contributed by atoms with van der Waals surface area (Å²) in [6, 6.07) is 2.20. The Bertz CT molecular complexity index is 3260. The van der Waals surface area contributed by atoms with Crippen molar-refractivity contribution in [2.24, 2.45) is 0 Å². The fourth-order valence-electron chi connectivity index (χ4n) is 7.12. The van der Waals surface area contributed by atoms with Crippen molar-refractivity contribution in [1.82, 2.24) is 19.9 Å². The molecule has 7 aromatic rings. The van der Waals surface area contributed by atoms with Gasteiger partial charge in [0.25, 0.3) is 11.4 Å². The van der Waals surface area contributed by atoms with Crippen LogP contribution in [0.15, 0.2) is 24.3 Å². The minimum Gasteiger partial charge on any atom is -0.354 e. The summed E-state index contributed by atoms with van der Waals surface area (Å²) in [6.45, 7) is 0. The Balaban J connectivity index is 1.74. The van der Waals surface area contributed by atoms with Crippen molar-refractivity contribution in [1.29, 1.82) is 0 Å². The van der Waals surface area contributed by atoms with Gasteiger partial charge in [-0.3, -0.25) is 25.2 Å². The number of benzene rings is 3. The molecule has 0 radical (unpaired) electrons. The van der Waals surface area contributed by atoms with Gasteiger partial charge in [-0.2, -0.15) is 0 Å². The molecule has 0 spiro atoms. The van der Waals surface area contributed by atoms with E-state index >= 15 is 26.3 Å². The standard InChI is InChI=1S/C37H11F15N6O4/c38-21-18(22(39)28(45)33(50)27(21)44)15-7-1-3-9(53-7)16(19-23(40)29(46)34(51)30(47)24(19)41)36-13(57(59)60)5-11(55-36)12-6-14(58(61)62)37(56-12)17(10-4-2-8(15)54-10)20-25(42)31(48)35(52)32(49)26(20)43/h1,3,5-6,53,55-56H,2,4H2. The van der Waals surface area contributed by atoms with Crippen LogP contribution in [0.4, 0.5) is 77.2 Å². The molecule has 0 amide bonds. The largest absolute Gasteiger partial charge is 0.354 e. The third-order valence-corrected chi connectivity index (χ3v) is 9.83. The van der Waals surface area contributed by atoms with Crippen LogP contribution in [0, 0.1) is 107 Å². The first-order chi connectivity index (χ1) is 29.2. The normalized spacial score (nSPS) is 12.2. The summed E-state index contributed by atoms with van der Waals surface area (Å²) in [7, 11) is 0. The van der Waals surface area contributed by atoms with Crippen molar-refractivity contribution >= 4 is 44.5 Å². The Morgan fingerprint density at radius 2 is 0.677 bits per heavy atom. The number of hydrogen-bond donors (Lipinski definition) is 3. The molecule has 8 bridgehead atoms. The number of aromatic nitrogens is 4. The van der Waals surface area contributed by atoms with Gasteiger partial charge in [-0.05, 0) is 25.0 Å². The van der Waals surface area contributed by atoms with Crippen LogP contribution in [0.5, 0.6) is 0 Å². The average molecular weight is 889 g/mol. The number of nitrogens with zero attached hydrogens (tertiary/aromatic N) is 3. The van der Waals surface area contributed by atoms with Gasteiger partial charge < -0.3 is 15.0 Å². The van der Waals surface area contributed by atoms with E-state index in [4.69, 9.17) is 0 Å². The molecule has 25 heteroatoms. The van der Waals surface area contributed by atoms with Gasteiger partial charge in [0.1, 0.15) is 11.0 Å². The molecule has 0 saturated carbocycles. The van der Waals surface area contributed by atoms with Crippen LogP contribution in [-0.4, -0.2) is 29.8 Å². The number of nitro groups is 2. The van der Waals surface area contributed by atoms with E-state index < -0.39 is 199 Å². The molecular formula is C37H11F15N6O4. The van der Waals surface area contributed by atoms with Crippen LogP contribution < -0.4 is 0 Å². The van der Waals surface area contributed by atoms with Crippen molar-refractivity contribution in [2.75, 3.05) is 0 Å². The Morgan fingerprint density at radius 3 is 1.05 bits per heavy atom. The molecule has 62 heavy (non-hydrogen) atoms. The lowest BCUT2D eigenvalue weighted by molar-refractivity contribution is -0.383. The van der Waals surface area contributed by atoms with Gasteiger partial charge in [0.2, 0.25) is 17.5 Å². The summed E-state index contributed by atoms with van der Waals surface area (Å²) in [5.74, 6) is -39.5. The predicted molar refractivity (Wildman–Crippen MR) is 183 cm³/mol. The monoisotopic (exact) mass is 888 g/mol. The molecule has 3 aromatic carbocycles. The maximum Gasteiger partial charge on any atom is 0.295 e. The second-order valence-electron chi connectivity index (χ2n) is 13.2. The van der Waals surface area contributed by atoms with Gasteiger partial charge in [-0.25, -0.2) is 65.9 Å². The highest BCUT2D eigenvalue weighted by atomic mass is 19.2. The van der Waals surface area contributed by atoms with Gasteiger partial charge in [0.05, 0.1) is 49.0 Å². The summed E-state index contributed by atoms with van der Waals surface area (Å²) < 4.78 is 226. The van der Waals surface area contributed by atoms with E-state index in [-0.39, 0.29) is 0 Å². The molecule has 8 rings (SSSR count). The van der Waals surface area contributed by atoms with E-state index in [1.807, 2.05) is 0 Å². The highest BCUT2D eigenvalue weighted by molar-refractivity contribution is 6.02. The van der Waals surface area contributed by atoms with Gasteiger partial charge in [-0.1, -0.05) is 0 Å². The molecule has 3 N–H and O–H groups in total. The molecule has 0 saturated heterocycles. The molecule has 0 atom stereocenters. The smallest absolute Gasteiger partial charge is 0.295 e. The first kappa shape index (κ1) is 41.1. The number of fused-ring (bicyclic) bond motifs is 9. The topological polar surface area (TPSA) is 147 Å². The molecular weight excluding hydrogens is 877 g/mol. The molecule has 0 unspecified atom stereocenters. The molecule has 10 nitrogen and oxygen atoms in total.